The molecule has 0 unspecified atom stereocenters. The van der Waals surface area contributed by atoms with Gasteiger partial charge in [0.15, 0.2) is 0 Å². The molecule has 6 heteroatoms. The maximum atomic E-state index is 13.1. The summed E-state index contributed by atoms with van der Waals surface area (Å²) in [6.45, 7) is 3.79. The monoisotopic (exact) mass is 314 g/mol. The van der Waals surface area contributed by atoms with Crippen LogP contribution in [0.1, 0.15) is 25.3 Å². The van der Waals surface area contributed by atoms with Gasteiger partial charge in [-0.3, -0.25) is 4.90 Å². The maximum Gasteiger partial charge on any atom is 0.208 e. The van der Waals surface area contributed by atoms with Crippen LogP contribution in [0.2, 0.25) is 0 Å². The number of rotatable bonds is 6. The van der Waals surface area contributed by atoms with Crippen LogP contribution in [0.3, 0.4) is 0 Å². The fourth-order valence-electron chi connectivity index (χ4n) is 2.84. The highest BCUT2D eigenvalue weighted by molar-refractivity contribution is 7.88. The largest absolute Gasteiger partial charge is 0.299 e. The minimum Gasteiger partial charge on any atom is -0.299 e. The van der Waals surface area contributed by atoms with Gasteiger partial charge in [-0.15, -0.1) is 0 Å². The van der Waals surface area contributed by atoms with E-state index >= 15 is 0 Å². The molecule has 1 fully saturated rings. The highest BCUT2D eigenvalue weighted by Gasteiger charge is 2.27. The van der Waals surface area contributed by atoms with Crippen molar-refractivity contribution < 1.29 is 12.8 Å². The van der Waals surface area contributed by atoms with Crippen molar-refractivity contribution in [1.29, 1.82) is 0 Å². The molecule has 1 saturated heterocycles. The van der Waals surface area contributed by atoms with Crippen LogP contribution in [0, 0.1) is 5.82 Å². The average Bonchev–Trinajstić information content (AvgIpc) is 2.82. The molecule has 118 valence electrons. The van der Waals surface area contributed by atoms with Crippen molar-refractivity contribution in [1.82, 2.24) is 9.62 Å². The van der Waals surface area contributed by atoms with E-state index in [9.17, 15) is 12.8 Å². The molecule has 0 saturated carbocycles. The predicted molar refractivity (Wildman–Crippen MR) is 82.1 cm³/mol. The molecule has 0 radical (unpaired) electrons. The van der Waals surface area contributed by atoms with Crippen LogP contribution in [0.5, 0.6) is 0 Å². The molecular formula is C15H23FN2O2S. The topological polar surface area (TPSA) is 49.4 Å². The summed E-state index contributed by atoms with van der Waals surface area (Å²) in [6, 6.07) is 7.07. The van der Waals surface area contributed by atoms with Gasteiger partial charge in [0.25, 0.3) is 0 Å². The van der Waals surface area contributed by atoms with Crippen molar-refractivity contribution in [3.8, 4) is 0 Å². The lowest BCUT2D eigenvalue weighted by molar-refractivity contribution is 0.243. The van der Waals surface area contributed by atoms with E-state index in [-0.39, 0.29) is 11.9 Å². The van der Waals surface area contributed by atoms with Gasteiger partial charge in [-0.25, -0.2) is 17.5 Å². The molecule has 0 aliphatic carbocycles. The standard InChI is InChI=1S/C15H23FN2O2S/c1-12(6-7-13-4-3-5-14(16)10-13)18-9-8-15(11-18)17-21(2,19)20/h3-5,10,12,15,17H,6-9,11H2,1-2H3/t12-,15+/m1/s1. The van der Waals surface area contributed by atoms with Gasteiger partial charge in [0.1, 0.15) is 5.82 Å². The van der Waals surface area contributed by atoms with E-state index in [0.29, 0.717) is 6.04 Å². The molecule has 2 atom stereocenters. The van der Waals surface area contributed by atoms with E-state index < -0.39 is 10.0 Å². The van der Waals surface area contributed by atoms with Gasteiger partial charge in [0, 0.05) is 25.2 Å². The quantitative estimate of drug-likeness (QED) is 0.870. The summed E-state index contributed by atoms with van der Waals surface area (Å²) in [6.07, 6.45) is 3.81. The van der Waals surface area contributed by atoms with Crippen molar-refractivity contribution in [3.05, 3.63) is 35.6 Å². The summed E-state index contributed by atoms with van der Waals surface area (Å²) in [4.78, 5) is 2.29. The fraction of sp³-hybridized carbons (Fsp3) is 0.600. The van der Waals surface area contributed by atoms with Crippen molar-refractivity contribution in [2.75, 3.05) is 19.3 Å². The minimum absolute atomic E-state index is 0.0108. The summed E-state index contributed by atoms with van der Waals surface area (Å²) in [5.74, 6) is -0.196. The maximum absolute atomic E-state index is 13.1. The second-order valence-electron chi connectivity index (χ2n) is 5.89. The number of hydrogen-bond acceptors (Lipinski definition) is 3. The Labute approximate surface area is 126 Å². The lowest BCUT2D eigenvalue weighted by atomic mass is 10.1. The average molecular weight is 314 g/mol. The number of halogens is 1. The smallest absolute Gasteiger partial charge is 0.208 e. The Kier molecular flexibility index (Phi) is 5.35. The zero-order valence-corrected chi connectivity index (χ0v) is 13.4. The highest BCUT2D eigenvalue weighted by Crippen LogP contribution is 2.17. The lowest BCUT2D eigenvalue weighted by Crippen LogP contribution is -2.38. The molecule has 1 aromatic carbocycles. The van der Waals surface area contributed by atoms with Gasteiger partial charge in [0.2, 0.25) is 10.0 Å². The van der Waals surface area contributed by atoms with Crippen LogP contribution >= 0.6 is 0 Å². The first-order chi connectivity index (χ1) is 9.83. The Morgan fingerprint density at radius 2 is 2.24 bits per heavy atom. The van der Waals surface area contributed by atoms with Gasteiger partial charge in [-0.05, 0) is 43.9 Å². The SMILES string of the molecule is C[C@H](CCc1cccc(F)c1)N1CC[C@H](NS(C)(=O)=O)C1. The zero-order chi connectivity index (χ0) is 15.5. The Bertz CT molecular complexity index is 577. The number of hydrogen-bond donors (Lipinski definition) is 1. The molecule has 1 aliphatic rings. The zero-order valence-electron chi connectivity index (χ0n) is 12.5. The second-order valence-corrected chi connectivity index (χ2v) is 7.67. The first-order valence-corrected chi connectivity index (χ1v) is 9.18. The number of nitrogens with zero attached hydrogens (tertiary/aromatic N) is 1. The lowest BCUT2D eigenvalue weighted by Gasteiger charge is -2.24. The second kappa shape index (κ2) is 6.85. The molecule has 4 nitrogen and oxygen atoms in total. The van der Waals surface area contributed by atoms with Crippen molar-refractivity contribution >= 4 is 10.0 Å². The first-order valence-electron chi connectivity index (χ1n) is 7.29. The number of nitrogens with one attached hydrogen (secondary N) is 1. The first kappa shape index (κ1) is 16.4. The summed E-state index contributed by atoms with van der Waals surface area (Å²) in [7, 11) is -3.14. The summed E-state index contributed by atoms with van der Waals surface area (Å²) >= 11 is 0. The predicted octanol–water partition coefficient (Wildman–Crippen LogP) is 1.77. The van der Waals surface area contributed by atoms with E-state index in [0.717, 1.165) is 37.9 Å². The molecule has 1 aromatic rings. The molecule has 0 aromatic heterocycles. The fourth-order valence-corrected chi connectivity index (χ4v) is 3.64. The molecule has 1 N–H and O–H groups in total. The third kappa shape index (κ3) is 5.37. The Morgan fingerprint density at radius 3 is 2.90 bits per heavy atom. The minimum atomic E-state index is -3.14. The summed E-state index contributed by atoms with van der Waals surface area (Å²) < 4.78 is 38.3. The Hall–Kier alpha value is -0.980. The van der Waals surface area contributed by atoms with Gasteiger partial charge in [-0.2, -0.15) is 0 Å². The number of likely N-dealkylation sites (tertiary alicyclic amines) is 1. The van der Waals surface area contributed by atoms with Crippen LogP contribution < -0.4 is 4.72 Å². The van der Waals surface area contributed by atoms with Crippen molar-refractivity contribution in [2.45, 2.75) is 38.3 Å². The molecule has 0 bridgehead atoms. The summed E-state index contributed by atoms with van der Waals surface area (Å²) in [5.41, 5.74) is 1.01. The van der Waals surface area contributed by atoms with Crippen LogP contribution in [-0.2, 0) is 16.4 Å². The van der Waals surface area contributed by atoms with Crippen LogP contribution in [0.15, 0.2) is 24.3 Å². The Balaban J connectivity index is 1.80. The molecule has 21 heavy (non-hydrogen) atoms. The van der Waals surface area contributed by atoms with Crippen LogP contribution in [-0.4, -0.2) is 44.7 Å². The van der Waals surface area contributed by atoms with Crippen molar-refractivity contribution in [3.63, 3.8) is 0 Å². The van der Waals surface area contributed by atoms with Crippen molar-refractivity contribution in [2.24, 2.45) is 0 Å². The Morgan fingerprint density at radius 1 is 1.48 bits per heavy atom. The normalized spacial score (nSPS) is 21.6. The molecule has 2 rings (SSSR count). The van der Waals surface area contributed by atoms with E-state index in [2.05, 4.69) is 16.5 Å². The molecular weight excluding hydrogens is 291 g/mol. The summed E-state index contributed by atoms with van der Waals surface area (Å²) in [5, 5.41) is 0. The molecule has 1 heterocycles. The van der Waals surface area contributed by atoms with E-state index in [1.165, 1.54) is 12.3 Å². The highest BCUT2D eigenvalue weighted by atomic mass is 32.2. The van der Waals surface area contributed by atoms with E-state index in [4.69, 9.17) is 0 Å². The van der Waals surface area contributed by atoms with E-state index in [1.54, 1.807) is 12.1 Å². The third-order valence-electron chi connectivity index (χ3n) is 3.96. The number of benzene rings is 1. The number of sulfonamides is 1. The number of aryl methyl sites for hydroxylation is 1. The van der Waals surface area contributed by atoms with Gasteiger partial charge in [-0.1, -0.05) is 12.1 Å². The van der Waals surface area contributed by atoms with Gasteiger partial charge >= 0.3 is 0 Å². The van der Waals surface area contributed by atoms with E-state index in [1.807, 2.05) is 6.07 Å². The molecule has 0 spiro atoms. The van der Waals surface area contributed by atoms with Gasteiger partial charge in [0.05, 0.1) is 6.26 Å². The molecule has 0 amide bonds. The van der Waals surface area contributed by atoms with Crippen LogP contribution in [0.25, 0.3) is 0 Å². The van der Waals surface area contributed by atoms with Gasteiger partial charge < -0.3 is 0 Å². The molecule has 1 aliphatic heterocycles. The van der Waals surface area contributed by atoms with Crippen LogP contribution in [0.4, 0.5) is 4.39 Å². The third-order valence-corrected chi connectivity index (χ3v) is 4.73.